The van der Waals surface area contributed by atoms with Crippen molar-refractivity contribution >= 4 is 0 Å². The average molecular weight is 146 g/mol. The van der Waals surface area contributed by atoms with Gasteiger partial charge in [0, 0.05) is 6.42 Å². The fraction of sp³-hybridized carbons (Fsp3) is 0.200. The van der Waals surface area contributed by atoms with E-state index in [1.807, 2.05) is 12.1 Å². The van der Waals surface area contributed by atoms with E-state index in [0.717, 1.165) is 12.8 Å². The zero-order valence-corrected chi connectivity index (χ0v) is 6.25. The van der Waals surface area contributed by atoms with Crippen LogP contribution in [0.25, 0.3) is 0 Å². The first kappa shape index (κ1) is 7.68. The Labute approximate surface area is 66.7 Å². The molecule has 1 N–H and O–H groups in total. The van der Waals surface area contributed by atoms with Crippen LogP contribution in [0.15, 0.2) is 24.3 Å². The van der Waals surface area contributed by atoms with Crippen LogP contribution in [-0.2, 0) is 6.42 Å². The van der Waals surface area contributed by atoms with Gasteiger partial charge in [0.1, 0.15) is 5.75 Å². The molecule has 0 radical (unpaired) electrons. The lowest BCUT2D eigenvalue weighted by atomic mass is 10.1. The summed E-state index contributed by atoms with van der Waals surface area (Å²) >= 11 is 0. The van der Waals surface area contributed by atoms with E-state index in [-0.39, 0.29) is 0 Å². The SMILES string of the molecule is C#CCCc1ccc(O)cc1. The zero-order valence-electron chi connectivity index (χ0n) is 6.25. The maximum atomic E-state index is 8.94. The highest BCUT2D eigenvalue weighted by atomic mass is 16.3. The van der Waals surface area contributed by atoms with Gasteiger partial charge >= 0.3 is 0 Å². The summed E-state index contributed by atoms with van der Waals surface area (Å²) in [7, 11) is 0. The summed E-state index contributed by atoms with van der Waals surface area (Å²) in [6, 6.07) is 7.11. The number of rotatable bonds is 2. The van der Waals surface area contributed by atoms with Gasteiger partial charge < -0.3 is 5.11 Å². The molecule has 1 aromatic rings. The number of hydrogen-bond donors (Lipinski definition) is 1. The van der Waals surface area contributed by atoms with Crippen molar-refractivity contribution in [3.8, 4) is 18.1 Å². The molecule has 0 aliphatic carbocycles. The van der Waals surface area contributed by atoms with E-state index in [9.17, 15) is 0 Å². The lowest BCUT2D eigenvalue weighted by Crippen LogP contribution is -1.81. The van der Waals surface area contributed by atoms with Gasteiger partial charge in [-0.05, 0) is 24.1 Å². The summed E-state index contributed by atoms with van der Waals surface area (Å²) in [5.74, 6) is 2.87. The summed E-state index contributed by atoms with van der Waals surface area (Å²) in [6.07, 6.45) is 6.75. The van der Waals surface area contributed by atoms with Crippen LogP contribution in [0, 0.1) is 12.3 Å². The van der Waals surface area contributed by atoms with E-state index in [2.05, 4.69) is 5.92 Å². The van der Waals surface area contributed by atoms with Crippen LogP contribution in [0.4, 0.5) is 0 Å². The van der Waals surface area contributed by atoms with Gasteiger partial charge in [-0.3, -0.25) is 0 Å². The first-order valence-corrected chi connectivity index (χ1v) is 3.54. The number of phenols is 1. The second-order valence-corrected chi connectivity index (χ2v) is 2.37. The molecule has 0 saturated carbocycles. The van der Waals surface area contributed by atoms with Gasteiger partial charge in [0.05, 0.1) is 0 Å². The highest BCUT2D eigenvalue weighted by Crippen LogP contribution is 2.10. The molecule has 0 aliphatic heterocycles. The topological polar surface area (TPSA) is 20.2 Å². The Kier molecular flexibility index (Phi) is 2.57. The molecule has 56 valence electrons. The van der Waals surface area contributed by atoms with Gasteiger partial charge in [-0.25, -0.2) is 0 Å². The van der Waals surface area contributed by atoms with Crippen molar-refractivity contribution in [3.05, 3.63) is 29.8 Å². The lowest BCUT2D eigenvalue weighted by Gasteiger charge is -1.96. The molecule has 1 heteroatoms. The second kappa shape index (κ2) is 3.68. The minimum Gasteiger partial charge on any atom is -0.508 e. The van der Waals surface area contributed by atoms with Crippen LogP contribution < -0.4 is 0 Å². The van der Waals surface area contributed by atoms with Crippen LogP contribution in [-0.4, -0.2) is 5.11 Å². The van der Waals surface area contributed by atoms with Crippen LogP contribution in [0.3, 0.4) is 0 Å². The number of terminal acetylenes is 1. The van der Waals surface area contributed by atoms with Crippen LogP contribution in [0.5, 0.6) is 5.75 Å². The molecule has 0 fully saturated rings. The van der Waals surface area contributed by atoms with E-state index < -0.39 is 0 Å². The summed E-state index contributed by atoms with van der Waals surface area (Å²) < 4.78 is 0. The van der Waals surface area contributed by atoms with E-state index in [4.69, 9.17) is 11.5 Å². The molecule has 0 atom stereocenters. The molecule has 0 spiro atoms. The van der Waals surface area contributed by atoms with Crippen molar-refractivity contribution in [1.82, 2.24) is 0 Å². The molecule has 0 saturated heterocycles. The van der Waals surface area contributed by atoms with Crippen molar-refractivity contribution in [3.63, 3.8) is 0 Å². The van der Waals surface area contributed by atoms with E-state index in [1.165, 1.54) is 5.56 Å². The van der Waals surface area contributed by atoms with E-state index in [0.29, 0.717) is 5.75 Å². The van der Waals surface area contributed by atoms with Gasteiger partial charge in [0.25, 0.3) is 0 Å². The highest BCUT2D eigenvalue weighted by molar-refractivity contribution is 5.26. The van der Waals surface area contributed by atoms with Crippen LogP contribution in [0.2, 0.25) is 0 Å². The number of hydrogen-bond acceptors (Lipinski definition) is 1. The third-order valence-corrected chi connectivity index (χ3v) is 1.49. The fourth-order valence-electron chi connectivity index (χ4n) is 0.879. The summed E-state index contributed by atoms with van der Waals surface area (Å²) in [5, 5.41) is 8.94. The van der Waals surface area contributed by atoms with Crippen molar-refractivity contribution in [2.45, 2.75) is 12.8 Å². The predicted molar refractivity (Wildman–Crippen MR) is 45.3 cm³/mol. The molecule has 0 heterocycles. The van der Waals surface area contributed by atoms with Gasteiger partial charge in [0.15, 0.2) is 0 Å². The van der Waals surface area contributed by atoms with Gasteiger partial charge in [-0.2, -0.15) is 0 Å². The maximum Gasteiger partial charge on any atom is 0.115 e. The third kappa shape index (κ3) is 2.35. The number of aryl methyl sites for hydroxylation is 1. The van der Waals surface area contributed by atoms with Crippen LogP contribution >= 0.6 is 0 Å². The normalized spacial score (nSPS) is 9.00. The first-order chi connectivity index (χ1) is 5.33. The lowest BCUT2D eigenvalue weighted by molar-refractivity contribution is 0.475. The Morgan fingerprint density at radius 3 is 2.45 bits per heavy atom. The van der Waals surface area contributed by atoms with E-state index in [1.54, 1.807) is 12.1 Å². The van der Waals surface area contributed by atoms with Gasteiger partial charge in [0.2, 0.25) is 0 Å². The quantitative estimate of drug-likeness (QED) is 0.632. The Morgan fingerprint density at radius 1 is 1.27 bits per heavy atom. The molecule has 0 aromatic heterocycles. The molecule has 11 heavy (non-hydrogen) atoms. The van der Waals surface area contributed by atoms with E-state index >= 15 is 0 Å². The molecule has 0 bridgehead atoms. The standard InChI is InChI=1S/C10H10O/c1-2-3-4-9-5-7-10(11)8-6-9/h1,5-8,11H,3-4H2. The molecule has 1 rings (SSSR count). The molecule has 0 aliphatic rings. The average Bonchev–Trinajstić information content (AvgIpc) is 2.04. The largest absolute Gasteiger partial charge is 0.508 e. The molecule has 1 nitrogen and oxygen atoms in total. The van der Waals surface area contributed by atoms with Crippen molar-refractivity contribution in [2.75, 3.05) is 0 Å². The Hall–Kier alpha value is -1.42. The van der Waals surface area contributed by atoms with Crippen molar-refractivity contribution in [2.24, 2.45) is 0 Å². The summed E-state index contributed by atoms with van der Waals surface area (Å²) in [6.45, 7) is 0. The molecule has 1 aromatic carbocycles. The predicted octanol–water partition coefficient (Wildman–Crippen LogP) is 1.96. The molecule has 0 amide bonds. The molecular weight excluding hydrogens is 136 g/mol. The maximum absolute atomic E-state index is 8.94. The Balaban J connectivity index is 2.60. The zero-order chi connectivity index (χ0) is 8.10. The minimum absolute atomic E-state index is 0.300. The first-order valence-electron chi connectivity index (χ1n) is 3.54. The van der Waals surface area contributed by atoms with Gasteiger partial charge in [-0.1, -0.05) is 12.1 Å². The number of aromatic hydroxyl groups is 1. The molecule has 0 unspecified atom stereocenters. The number of phenolic OH excluding ortho intramolecular Hbond substituents is 1. The third-order valence-electron chi connectivity index (χ3n) is 1.49. The van der Waals surface area contributed by atoms with Crippen LogP contribution in [0.1, 0.15) is 12.0 Å². The fourth-order valence-corrected chi connectivity index (χ4v) is 0.879. The summed E-state index contributed by atoms with van der Waals surface area (Å²) in [4.78, 5) is 0. The van der Waals surface area contributed by atoms with Crippen molar-refractivity contribution in [1.29, 1.82) is 0 Å². The smallest absolute Gasteiger partial charge is 0.115 e. The van der Waals surface area contributed by atoms with Crippen molar-refractivity contribution < 1.29 is 5.11 Å². The Morgan fingerprint density at radius 2 is 1.91 bits per heavy atom. The van der Waals surface area contributed by atoms with Gasteiger partial charge in [-0.15, -0.1) is 12.3 Å². The Bertz CT molecular complexity index is 253. The highest BCUT2D eigenvalue weighted by Gasteiger charge is 1.90. The second-order valence-electron chi connectivity index (χ2n) is 2.37. The molecular formula is C10H10O. The summed E-state index contributed by atoms with van der Waals surface area (Å²) in [5.41, 5.74) is 1.17. The monoisotopic (exact) mass is 146 g/mol. The minimum atomic E-state index is 0.300. The number of benzene rings is 1.